The molecule has 338 valence electrons. The van der Waals surface area contributed by atoms with Crippen LogP contribution in [0, 0.1) is 18.5 Å². The monoisotopic (exact) mass is 1080 g/mol. The van der Waals surface area contributed by atoms with E-state index in [-0.39, 0.29) is 26.5 Å². The third-order valence-electron chi connectivity index (χ3n) is 13.6. The molecule has 12 aromatic rings. The smallest absolute Gasteiger partial charge is 0.268 e. The van der Waals surface area contributed by atoms with Crippen molar-refractivity contribution in [2.45, 2.75) is 26.2 Å². The fraction of sp³-hybridized carbons (Fsp3) is 0.0625. The second kappa shape index (κ2) is 17.1. The fourth-order valence-electron chi connectivity index (χ4n) is 10.4. The van der Waals surface area contributed by atoms with Gasteiger partial charge in [0.2, 0.25) is 0 Å². The van der Waals surface area contributed by atoms with Gasteiger partial charge in [-0.05, 0) is 95.9 Å². The minimum absolute atomic E-state index is 0. The summed E-state index contributed by atoms with van der Waals surface area (Å²) in [6, 6.07) is 80.4. The van der Waals surface area contributed by atoms with Crippen LogP contribution >= 0.6 is 0 Å². The summed E-state index contributed by atoms with van der Waals surface area (Å²) in [4.78, 5) is 4.97. The van der Waals surface area contributed by atoms with Crippen molar-refractivity contribution >= 4 is 32.8 Å². The van der Waals surface area contributed by atoms with E-state index in [2.05, 4.69) is 241 Å². The van der Waals surface area contributed by atoms with Crippen LogP contribution in [0.15, 0.2) is 212 Å². The predicted molar refractivity (Wildman–Crippen MR) is 279 cm³/mol. The van der Waals surface area contributed by atoms with Crippen molar-refractivity contribution in [2.75, 3.05) is 0 Å². The van der Waals surface area contributed by atoms with Crippen LogP contribution in [0.4, 0.5) is 0 Å². The first-order valence-electron chi connectivity index (χ1n) is 23.5. The number of pyridine rings is 1. The zero-order valence-corrected chi connectivity index (χ0v) is 41.0. The summed E-state index contributed by atoms with van der Waals surface area (Å²) in [6.07, 6.45) is 5.80. The van der Waals surface area contributed by atoms with E-state index in [0.29, 0.717) is 11.5 Å². The molecule has 0 N–H and O–H groups in total. The molecule has 0 unspecified atom stereocenters. The topological polar surface area (TPSA) is 35.9 Å². The largest absolute Gasteiger partial charge is 0.510 e. The van der Waals surface area contributed by atoms with Gasteiger partial charge >= 0.3 is 0 Å². The summed E-state index contributed by atoms with van der Waals surface area (Å²) in [7, 11) is 0. The van der Waals surface area contributed by atoms with Crippen molar-refractivity contribution in [2.24, 2.45) is 0 Å². The molecule has 0 amide bonds. The molecule has 0 aliphatic carbocycles. The summed E-state index contributed by atoms with van der Waals surface area (Å²) < 4.78 is 13.4. The predicted octanol–water partition coefficient (Wildman–Crippen LogP) is 15.5. The summed E-state index contributed by atoms with van der Waals surface area (Å²) in [5, 5.41) is 2.21. The van der Waals surface area contributed by atoms with Crippen molar-refractivity contribution in [3.63, 3.8) is 0 Å². The van der Waals surface area contributed by atoms with Crippen LogP contribution in [0.2, 0.25) is 0 Å². The molecule has 0 spiro atoms. The molecule has 70 heavy (non-hydrogen) atoms. The average Bonchev–Trinajstić information content (AvgIpc) is 3.96. The molecular weight excluding hydrogens is 1040 g/mol. The molecule has 0 saturated heterocycles. The van der Waals surface area contributed by atoms with Gasteiger partial charge in [-0.25, -0.2) is 4.98 Å². The number of imidazole rings is 1. The average molecular weight is 1080 g/mol. The van der Waals surface area contributed by atoms with Crippen molar-refractivity contribution in [3.05, 3.63) is 236 Å². The van der Waals surface area contributed by atoms with Gasteiger partial charge in [-0.15, -0.1) is 29.7 Å². The van der Waals surface area contributed by atoms with Gasteiger partial charge in [-0.3, -0.25) is 4.57 Å². The summed E-state index contributed by atoms with van der Waals surface area (Å²) >= 11 is 0. The van der Waals surface area contributed by atoms with Gasteiger partial charge in [-0.2, -0.15) is 18.2 Å². The van der Waals surface area contributed by atoms with Crippen molar-refractivity contribution in [1.82, 2.24) is 14.1 Å². The standard InChI is InChI=1S/C64H44N4O.Pt/c1-64(2,3)44-36-37-65-60(38-44)68-57-32-16-28-48(42-18-6-4-7-19-42)61(57)56-35-34-47(40-59(56)68)69-46-23-14-22-45(39-46)66-41-67-62-49(43-20-8-5-9-21-43)29-15-30-54(62)52-26-12-10-24-50(52)51-25-11-13-27-53(51)55-31-17-33-58(66)63(55)67;/h4-38H,1-3H3;/q-2;. The molecule has 6 heteroatoms. The molecule has 0 bridgehead atoms. The second-order valence-electron chi connectivity index (χ2n) is 18.7. The Bertz CT molecular complexity index is 3980. The Kier molecular flexibility index (Phi) is 10.6. The molecule has 4 heterocycles. The maximum Gasteiger partial charge on any atom is 0.268 e. The van der Waals surface area contributed by atoms with Gasteiger partial charge in [0.25, 0.3) is 6.33 Å². The summed E-state index contributed by atoms with van der Waals surface area (Å²) in [6.45, 7) is 6.70. The van der Waals surface area contributed by atoms with E-state index in [1.54, 1.807) is 0 Å². The SMILES string of the molecule is CC(C)(C)c1ccnc(-n2c3[c-]c(Oc4[c-]c(-n5[c-][n+]6c7c(cccc75)-c5ccccc5-c5ccccc5-c5cccc(-c7ccccc7)c5-6)ccc4)ccc3c3c(-c4ccccc4)cccc32)c1.[Pt]. The molecule has 1 aliphatic heterocycles. The number of rotatable bonds is 6. The van der Waals surface area contributed by atoms with Gasteiger partial charge in [0.15, 0.2) is 0 Å². The molecule has 9 aromatic carbocycles. The van der Waals surface area contributed by atoms with Crippen LogP contribution in [0.25, 0.3) is 106 Å². The Balaban J connectivity index is 0.00000505. The maximum atomic E-state index is 6.81. The minimum atomic E-state index is -0.0627. The molecule has 13 rings (SSSR count). The number of para-hydroxylation sites is 2. The van der Waals surface area contributed by atoms with Crippen molar-refractivity contribution in [3.8, 4) is 84.3 Å². The van der Waals surface area contributed by atoms with E-state index in [1.165, 1.54) is 16.7 Å². The van der Waals surface area contributed by atoms with E-state index in [0.717, 1.165) is 94.5 Å². The Morgan fingerprint density at radius 3 is 1.77 bits per heavy atom. The normalized spacial score (nSPS) is 11.8. The number of nitrogens with zero attached hydrogens (tertiary/aromatic N) is 4. The van der Waals surface area contributed by atoms with Crippen LogP contribution in [-0.4, -0.2) is 14.1 Å². The summed E-state index contributed by atoms with van der Waals surface area (Å²) in [5.41, 5.74) is 18.5. The first-order valence-corrected chi connectivity index (χ1v) is 23.5. The van der Waals surface area contributed by atoms with E-state index in [4.69, 9.17) is 9.72 Å². The molecular formula is C64H44N4OPt-2. The number of benzene rings is 9. The third kappa shape index (κ3) is 7.11. The zero-order valence-electron chi connectivity index (χ0n) is 38.7. The van der Waals surface area contributed by atoms with Crippen LogP contribution in [0.5, 0.6) is 11.5 Å². The van der Waals surface area contributed by atoms with E-state index >= 15 is 0 Å². The Hall–Kier alpha value is -8.11. The quantitative estimate of drug-likeness (QED) is 0.123. The fourth-order valence-corrected chi connectivity index (χ4v) is 10.4. The molecule has 0 saturated carbocycles. The molecule has 3 aromatic heterocycles. The molecule has 0 fully saturated rings. The number of hydrogen-bond acceptors (Lipinski definition) is 2. The first-order chi connectivity index (χ1) is 33.9. The van der Waals surface area contributed by atoms with Crippen LogP contribution in [-0.2, 0) is 26.5 Å². The molecule has 5 nitrogen and oxygen atoms in total. The molecule has 0 radical (unpaired) electrons. The summed E-state index contributed by atoms with van der Waals surface area (Å²) in [5.74, 6) is 1.97. The van der Waals surface area contributed by atoms with E-state index < -0.39 is 0 Å². The van der Waals surface area contributed by atoms with Crippen molar-refractivity contribution < 1.29 is 30.4 Å². The van der Waals surface area contributed by atoms with Gasteiger partial charge in [0.05, 0.1) is 16.7 Å². The Labute approximate surface area is 421 Å². The van der Waals surface area contributed by atoms with Gasteiger partial charge < -0.3 is 13.9 Å². The minimum Gasteiger partial charge on any atom is -0.510 e. The maximum absolute atomic E-state index is 6.81. The van der Waals surface area contributed by atoms with E-state index in [1.807, 2.05) is 24.4 Å². The molecule has 0 atom stereocenters. The van der Waals surface area contributed by atoms with Crippen LogP contribution < -0.4 is 9.30 Å². The van der Waals surface area contributed by atoms with Gasteiger partial charge in [0.1, 0.15) is 5.82 Å². The van der Waals surface area contributed by atoms with Gasteiger partial charge in [-0.1, -0.05) is 184 Å². The first kappa shape index (κ1) is 43.2. The second-order valence-corrected chi connectivity index (χ2v) is 18.7. The van der Waals surface area contributed by atoms with E-state index in [9.17, 15) is 0 Å². The van der Waals surface area contributed by atoms with Crippen molar-refractivity contribution in [1.29, 1.82) is 0 Å². The molecule has 1 aliphatic rings. The Morgan fingerprint density at radius 1 is 0.500 bits per heavy atom. The number of ether oxygens (including phenoxy) is 1. The number of fused-ring (bicyclic) bond motifs is 10. The van der Waals surface area contributed by atoms with Gasteiger partial charge in [0, 0.05) is 44.3 Å². The zero-order chi connectivity index (χ0) is 46.2. The number of aromatic nitrogens is 4. The Morgan fingerprint density at radius 2 is 1.06 bits per heavy atom. The van der Waals surface area contributed by atoms with Crippen LogP contribution in [0.3, 0.4) is 0 Å². The third-order valence-corrected chi connectivity index (χ3v) is 13.6. The number of hydrogen-bond donors (Lipinski definition) is 0. The van der Waals surface area contributed by atoms with Crippen LogP contribution in [0.1, 0.15) is 26.3 Å².